The summed E-state index contributed by atoms with van der Waals surface area (Å²) in [6, 6.07) is 5.43. The van der Waals surface area contributed by atoms with Crippen molar-refractivity contribution in [3.63, 3.8) is 0 Å². The van der Waals surface area contributed by atoms with E-state index in [4.69, 9.17) is 9.47 Å². The van der Waals surface area contributed by atoms with Crippen molar-refractivity contribution in [2.75, 3.05) is 27.4 Å². The van der Waals surface area contributed by atoms with Crippen LogP contribution in [-0.4, -0.2) is 49.3 Å². The summed E-state index contributed by atoms with van der Waals surface area (Å²) < 4.78 is 10.1. The van der Waals surface area contributed by atoms with Gasteiger partial charge in [0.15, 0.2) is 6.73 Å². The van der Waals surface area contributed by atoms with E-state index in [1.165, 1.54) is 6.92 Å². The van der Waals surface area contributed by atoms with Crippen molar-refractivity contribution in [3.05, 3.63) is 30.0 Å². The van der Waals surface area contributed by atoms with Crippen LogP contribution in [0.2, 0.25) is 0 Å². The highest BCUT2D eigenvalue weighted by Crippen LogP contribution is 2.29. The van der Waals surface area contributed by atoms with Crippen molar-refractivity contribution in [2.45, 2.75) is 13.3 Å². The van der Waals surface area contributed by atoms with E-state index in [2.05, 4.69) is 15.2 Å². The van der Waals surface area contributed by atoms with Crippen LogP contribution in [0.5, 0.6) is 5.75 Å². The van der Waals surface area contributed by atoms with Gasteiger partial charge in [0.2, 0.25) is 5.91 Å². The lowest BCUT2D eigenvalue weighted by Gasteiger charge is -2.10. The number of H-pyrrole nitrogens is 1. The number of ether oxygens (including phenoxy) is 2. The summed E-state index contributed by atoms with van der Waals surface area (Å²) in [5, 5.41) is 3.23. The van der Waals surface area contributed by atoms with Gasteiger partial charge < -0.3 is 24.7 Å². The number of carbonyl (C=O) groups excluding carboxylic acids is 2. The molecule has 0 bridgehead atoms. The molecule has 1 amide bonds. The van der Waals surface area contributed by atoms with Gasteiger partial charge in [-0.15, -0.1) is 0 Å². The number of nitrogens with one attached hydrogen (secondary N) is 2. The fourth-order valence-corrected chi connectivity index (χ4v) is 2.16. The molecular weight excluding hydrogens is 298 g/mol. The molecule has 0 aliphatic carbocycles. The van der Waals surface area contributed by atoms with E-state index < -0.39 is 6.16 Å². The number of hydrogen-bond acceptors (Lipinski definition) is 5. The van der Waals surface area contributed by atoms with Crippen LogP contribution in [0.25, 0.3) is 10.9 Å². The van der Waals surface area contributed by atoms with Gasteiger partial charge in [-0.1, -0.05) is 6.07 Å². The molecule has 0 unspecified atom stereocenters. The first-order valence-electron chi connectivity index (χ1n) is 7.30. The summed E-state index contributed by atoms with van der Waals surface area (Å²) in [4.78, 5) is 27.7. The van der Waals surface area contributed by atoms with Gasteiger partial charge >= 0.3 is 6.16 Å². The van der Waals surface area contributed by atoms with Crippen LogP contribution < -0.4 is 10.1 Å². The number of hydrogen-bond donors (Lipinski definition) is 2. The Hall–Kier alpha value is -2.54. The van der Waals surface area contributed by atoms with Gasteiger partial charge in [-0.05, 0) is 38.2 Å². The Bertz CT molecular complexity index is 694. The van der Waals surface area contributed by atoms with Crippen molar-refractivity contribution in [2.24, 2.45) is 0 Å². The largest absolute Gasteiger partial charge is 0.515 e. The van der Waals surface area contributed by atoms with Crippen LogP contribution >= 0.6 is 0 Å². The van der Waals surface area contributed by atoms with Gasteiger partial charge in [0.05, 0.1) is 0 Å². The second kappa shape index (κ2) is 7.64. The average Bonchev–Trinajstić information content (AvgIpc) is 2.89. The molecule has 1 aromatic carbocycles. The Balaban J connectivity index is 2.11. The lowest BCUT2D eigenvalue weighted by atomic mass is 10.1. The van der Waals surface area contributed by atoms with Crippen molar-refractivity contribution < 1.29 is 19.1 Å². The zero-order valence-corrected chi connectivity index (χ0v) is 13.5. The van der Waals surface area contributed by atoms with E-state index >= 15 is 0 Å². The molecule has 0 saturated heterocycles. The van der Waals surface area contributed by atoms with Crippen LogP contribution in [0.4, 0.5) is 4.79 Å². The van der Waals surface area contributed by atoms with Crippen LogP contribution in [0.3, 0.4) is 0 Å². The summed E-state index contributed by atoms with van der Waals surface area (Å²) in [7, 11) is 4.01. The molecule has 2 N–H and O–H groups in total. The molecule has 2 rings (SSSR count). The van der Waals surface area contributed by atoms with Gasteiger partial charge in [-0.2, -0.15) is 0 Å². The second-order valence-corrected chi connectivity index (χ2v) is 5.42. The first-order chi connectivity index (χ1) is 11.0. The third-order valence-corrected chi connectivity index (χ3v) is 3.28. The number of aromatic nitrogens is 1. The standard InChI is InChI=1S/C16H21N3O4/c1-11(20)18-10-22-16(21)23-14-6-4-5-13-15(14)12(9-17-13)7-8-19(2)3/h4-6,9,17H,7-8,10H2,1-3H3,(H,18,20). The molecule has 0 fully saturated rings. The molecule has 7 heteroatoms. The van der Waals surface area contributed by atoms with E-state index in [1.807, 2.05) is 26.4 Å². The summed E-state index contributed by atoms with van der Waals surface area (Å²) >= 11 is 0. The highest BCUT2D eigenvalue weighted by atomic mass is 16.7. The van der Waals surface area contributed by atoms with Gasteiger partial charge in [0.25, 0.3) is 0 Å². The SMILES string of the molecule is CC(=O)NCOC(=O)Oc1cccc2[nH]cc(CCN(C)C)c12. The smallest absolute Gasteiger partial charge is 0.413 e. The Morgan fingerprint density at radius 2 is 2.09 bits per heavy atom. The number of rotatable bonds is 6. The highest BCUT2D eigenvalue weighted by molar-refractivity contribution is 5.90. The molecule has 1 heterocycles. The Labute approximate surface area is 134 Å². The number of carbonyl (C=O) groups is 2. The molecule has 7 nitrogen and oxygen atoms in total. The first kappa shape index (κ1) is 16.8. The minimum atomic E-state index is -0.856. The lowest BCUT2D eigenvalue weighted by molar-refractivity contribution is -0.120. The summed E-state index contributed by atoms with van der Waals surface area (Å²) in [5.41, 5.74) is 1.96. The van der Waals surface area contributed by atoms with E-state index in [-0.39, 0.29) is 12.6 Å². The van der Waals surface area contributed by atoms with Crippen molar-refractivity contribution in [1.29, 1.82) is 0 Å². The maximum Gasteiger partial charge on any atom is 0.515 e. The summed E-state index contributed by atoms with van der Waals surface area (Å²) in [5.74, 6) is 0.154. The summed E-state index contributed by atoms with van der Waals surface area (Å²) in [6.45, 7) is 2.01. The zero-order valence-electron chi connectivity index (χ0n) is 13.5. The van der Waals surface area contributed by atoms with Crippen molar-refractivity contribution in [1.82, 2.24) is 15.2 Å². The lowest BCUT2D eigenvalue weighted by Crippen LogP contribution is -2.26. The quantitative estimate of drug-likeness (QED) is 0.482. The van der Waals surface area contributed by atoms with E-state index in [0.29, 0.717) is 5.75 Å². The molecule has 0 aliphatic heterocycles. The first-order valence-corrected chi connectivity index (χ1v) is 7.30. The van der Waals surface area contributed by atoms with E-state index in [1.54, 1.807) is 12.1 Å². The topological polar surface area (TPSA) is 83.7 Å². The molecule has 0 aliphatic rings. The fourth-order valence-electron chi connectivity index (χ4n) is 2.16. The normalized spacial score (nSPS) is 10.8. The second-order valence-electron chi connectivity index (χ2n) is 5.42. The third kappa shape index (κ3) is 4.72. The van der Waals surface area contributed by atoms with Crippen molar-refractivity contribution in [3.8, 4) is 5.75 Å². The van der Waals surface area contributed by atoms with Gasteiger partial charge in [-0.3, -0.25) is 4.79 Å². The Morgan fingerprint density at radius 3 is 2.78 bits per heavy atom. The monoisotopic (exact) mass is 319 g/mol. The molecule has 124 valence electrons. The minimum Gasteiger partial charge on any atom is -0.413 e. The highest BCUT2D eigenvalue weighted by Gasteiger charge is 2.14. The number of fused-ring (bicyclic) bond motifs is 1. The number of benzene rings is 1. The van der Waals surface area contributed by atoms with Gasteiger partial charge in [0, 0.05) is 30.6 Å². The molecular formula is C16H21N3O4. The molecule has 2 aromatic rings. The molecule has 1 aromatic heterocycles. The number of nitrogens with zero attached hydrogens (tertiary/aromatic N) is 1. The van der Waals surface area contributed by atoms with Crippen LogP contribution in [-0.2, 0) is 16.0 Å². The Morgan fingerprint density at radius 1 is 1.30 bits per heavy atom. The average molecular weight is 319 g/mol. The summed E-state index contributed by atoms with van der Waals surface area (Å²) in [6.07, 6.45) is 1.89. The number of likely N-dealkylation sites (N-methyl/N-ethyl adjacent to an activating group) is 1. The van der Waals surface area contributed by atoms with Crippen LogP contribution in [0.15, 0.2) is 24.4 Å². The Kier molecular flexibility index (Phi) is 5.59. The van der Waals surface area contributed by atoms with Crippen LogP contribution in [0.1, 0.15) is 12.5 Å². The van der Waals surface area contributed by atoms with E-state index in [9.17, 15) is 9.59 Å². The predicted molar refractivity (Wildman–Crippen MR) is 86.3 cm³/mol. The van der Waals surface area contributed by atoms with Crippen LogP contribution in [0, 0.1) is 0 Å². The zero-order chi connectivity index (χ0) is 16.8. The predicted octanol–water partition coefficient (Wildman–Crippen LogP) is 1.88. The molecule has 0 radical (unpaired) electrons. The molecule has 23 heavy (non-hydrogen) atoms. The number of amides is 1. The third-order valence-electron chi connectivity index (χ3n) is 3.28. The molecule has 0 atom stereocenters. The fraction of sp³-hybridized carbons (Fsp3) is 0.375. The molecule has 0 saturated carbocycles. The van der Waals surface area contributed by atoms with E-state index in [0.717, 1.165) is 29.4 Å². The minimum absolute atomic E-state index is 0.217. The van der Waals surface area contributed by atoms with Crippen molar-refractivity contribution >= 4 is 23.0 Å². The van der Waals surface area contributed by atoms with Gasteiger partial charge in [0.1, 0.15) is 5.75 Å². The van der Waals surface area contributed by atoms with Gasteiger partial charge in [-0.25, -0.2) is 4.79 Å². The maximum absolute atomic E-state index is 11.7. The number of aromatic amines is 1. The maximum atomic E-state index is 11.7. The molecule has 0 spiro atoms.